The number of carbonyl (C=O) groups excluding carboxylic acids is 2. The Hall–Kier alpha value is -2.92. The van der Waals surface area contributed by atoms with Gasteiger partial charge in [-0.15, -0.1) is 15.3 Å². The van der Waals surface area contributed by atoms with Crippen LogP contribution < -0.4 is 10.1 Å². The first-order valence-corrected chi connectivity index (χ1v) is 9.83. The standard InChI is InChI=1S/C17H17N5O4S2/c1-22-8-12(14(21-22)25-2)13(23)18-16-19-20-17(28-16)27-9-10-4-6-11(7-5-10)15(24)26-3/h4-8H,9H2,1-3H3,(H,18,19,23). The molecule has 2 aromatic heterocycles. The normalized spacial score (nSPS) is 10.5. The summed E-state index contributed by atoms with van der Waals surface area (Å²) in [5, 5.41) is 15.2. The topological polar surface area (TPSA) is 108 Å². The number of anilines is 1. The number of aryl methyl sites for hydroxylation is 1. The van der Waals surface area contributed by atoms with Crippen LogP contribution in [0.4, 0.5) is 5.13 Å². The summed E-state index contributed by atoms with van der Waals surface area (Å²) in [4.78, 5) is 23.8. The Balaban J connectivity index is 1.58. The van der Waals surface area contributed by atoms with E-state index < -0.39 is 0 Å². The smallest absolute Gasteiger partial charge is 0.337 e. The zero-order chi connectivity index (χ0) is 20.1. The van der Waals surface area contributed by atoms with Crippen molar-refractivity contribution in [1.82, 2.24) is 20.0 Å². The second kappa shape index (κ2) is 8.85. The zero-order valence-corrected chi connectivity index (χ0v) is 17.0. The average Bonchev–Trinajstić information content (AvgIpc) is 3.32. The monoisotopic (exact) mass is 419 g/mol. The van der Waals surface area contributed by atoms with Gasteiger partial charge in [-0.25, -0.2) is 4.79 Å². The van der Waals surface area contributed by atoms with Gasteiger partial charge < -0.3 is 9.47 Å². The van der Waals surface area contributed by atoms with E-state index in [1.807, 2.05) is 12.1 Å². The summed E-state index contributed by atoms with van der Waals surface area (Å²) in [6, 6.07) is 7.15. The van der Waals surface area contributed by atoms with Gasteiger partial charge in [0.25, 0.3) is 5.91 Å². The van der Waals surface area contributed by atoms with Crippen LogP contribution in [-0.2, 0) is 17.5 Å². The molecule has 28 heavy (non-hydrogen) atoms. The van der Waals surface area contributed by atoms with Crippen molar-refractivity contribution in [3.63, 3.8) is 0 Å². The van der Waals surface area contributed by atoms with Crippen molar-refractivity contribution in [3.05, 3.63) is 47.2 Å². The molecule has 0 saturated heterocycles. The molecule has 1 amide bonds. The third-order valence-corrected chi connectivity index (χ3v) is 5.64. The fraction of sp³-hybridized carbons (Fsp3) is 0.235. The predicted molar refractivity (Wildman–Crippen MR) is 105 cm³/mol. The van der Waals surface area contributed by atoms with E-state index in [1.165, 1.54) is 42.0 Å². The SMILES string of the molecule is COC(=O)c1ccc(CSc2nnc(NC(=O)c3cn(C)nc3OC)s2)cc1. The van der Waals surface area contributed by atoms with Gasteiger partial charge in [0.05, 0.1) is 19.8 Å². The van der Waals surface area contributed by atoms with Crippen LogP contribution in [0, 0.1) is 0 Å². The molecule has 0 bridgehead atoms. The highest BCUT2D eigenvalue weighted by Gasteiger charge is 2.18. The number of hydrogen-bond acceptors (Lipinski definition) is 9. The molecular formula is C17H17N5O4S2. The summed E-state index contributed by atoms with van der Waals surface area (Å²) < 4.78 is 12.0. The third-order valence-electron chi connectivity index (χ3n) is 3.60. The quantitative estimate of drug-likeness (QED) is 0.354. The van der Waals surface area contributed by atoms with Crippen molar-refractivity contribution in [3.8, 4) is 5.88 Å². The number of nitrogens with one attached hydrogen (secondary N) is 1. The largest absolute Gasteiger partial charge is 0.479 e. The van der Waals surface area contributed by atoms with Crippen LogP contribution in [0.3, 0.4) is 0 Å². The Morgan fingerprint density at radius 1 is 1.21 bits per heavy atom. The fourth-order valence-electron chi connectivity index (χ4n) is 2.26. The van der Waals surface area contributed by atoms with Crippen molar-refractivity contribution in [2.75, 3.05) is 19.5 Å². The van der Waals surface area contributed by atoms with E-state index in [-0.39, 0.29) is 17.8 Å². The molecule has 146 valence electrons. The van der Waals surface area contributed by atoms with Crippen LogP contribution in [0.5, 0.6) is 5.88 Å². The van der Waals surface area contributed by atoms with Gasteiger partial charge in [0.15, 0.2) is 4.34 Å². The predicted octanol–water partition coefficient (Wildman–Crippen LogP) is 2.61. The number of aromatic nitrogens is 4. The highest BCUT2D eigenvalue weighted by molar-refractivity contribution is 8.00. The number of rotatable bonds is 7. The number of amides is 1. The second-order valence-electron chi connectivity index (χ2n) is 5.53. The molecule has 1 N–H and O–H groups in total. The fourth-order valence-corrected chi connectivity index (χ4v) is 3.96. The Morgan fingerprint density at radius 2 is 1.96 bits per heavy atom. The molecule has 11 heteroatoms. The number of hydrogen-bond donors (Lipinski definition) is 1. The maximum Gasteiger partial charge on any atom is 0.337 e. The molecule has 0 unspecified atom stereocenters. The first kappa shape index (κ1) is 19.8. The number of thioether (sulfide) groups is 1. The molecule has 0 spiro atoms. The molecule has 0 aliphatic carbocycles. The molecule has 3 rings (SSSR count). The van der Waals surface area contributed by atoms with Gasteiger partial charge in [0, 0.05) is 19.0 Å². The van der Waals surface area contributed by atoms with Gasteiger partial charge in [-0.2, -0.15) is 0 Å². The highest BCUT2D eigenvalue weighted by atomic mass is 32.2. The van der Waals surface area contributed by atoms with E-state index in [0.29, 0.717) is 26.4 Å². The lowest BCUT2D eigenvalue weighted by Gasteiger charge is -2.01. The Kier molecular flexibility index (Phi) is 6.26. The van der Waals surface area contributed by atoms with Gasteiger partial charge in [0.1, 0.15) is 5.56 Å². The summed E-state index contributed by atoms with van der Waals surface area (Å²) in [5.74, 6) is 0.167. The van der Waals surface area contributed by atoms with Crippen molar-refractivity contribution in [1.29, 1.82) is 0 Å². The van der Waals surface area contributed by atoms with Crippen molar-refractivity contribution < 1.29 is 19.1 Å². The van der Waals surface area contributed by atoms with E-state index in [4.69, 9.17) is 4.74 Å². The van der Waals surface area contributed by atoms with Gasteiger partial charge in [-0.3, -0.25) is 14.8 Å². The molecule has 0 fully saturated rings. The lowest BCUT2D eigenvalue weighted by atomic mass is 10.1. The number of carbonyl (C=O) groups is 2. The van der Waals surface area contributed by atoms with Gasteiger partial charge in [-0.1, -0.05) is 35.2 Å². The molecule has 0 aliphatic heterocycles. The van der Waals surface area contributed by atoms with E-state index >= 15 is 0 Å². The maximum atomic E-state index is 12.4. The number of nitrogens with zero attached hydrogens (tertiary/aromatic N) is 4. The van der Waals surface area contributed by atoms with E-state index in [9.17, 15) is 9.59 Å². The van der Waals surface area contributed by atoms with Crippen molar-refractivity contribution in [2.24, 2.45) is 7.05 Å². The van der Waals surface area contributed by atoms with E-state index in [0.717, 1.165) is 5.56 Å². The molecular weight excluding hydrogens is 402 g/mol. The van der Waals surface area contributed by atoms with Crippen LogP contribution >= 0.6 is 23.1 Å². The van der Waals surface area contributed by atoms with Crippen LogP contribution in [0.2, 0.25) is 0 Å². The third kappa shape index (κ3) is 4.67. The summed E-state index contributed by atoms with van der Waals surface area (Å²) in [7, 11) is 4.51. The highest BCUT2D eigenvalue weighted by Crippen LogP contribution is 2.29. The van der Waals surface area contributed by atoms with E-state index in [1.54, 1.807) is 25.4 Å². The minimum atomic E-state index is -0.367. The lowest BCUT2D eigenvalue weighted by molar-refractivity contribution is 0.0600. The van der Waals surface area contributed by atoms with Gasteiger partial charge in [0.2, 0.25) is 11.0 Å². The molecule has 0 saturated carbocycles. The van der Waals surface area contributed by atoms with Crippen molar-refractivity contribution >= 4 is 40.1 Å². The van der Waals surface area contributed by atoms with Crippen LogP contribution in [0.25, 0.3) is 0 Å². The maximum absolute atomic E-state index is 12.4. The van der Waals surface area contributed by atoms with Gasteiger partial charge in [-0.05, 0) is 17.7 Å². The Morgan fingerprint density at radius 3 is 2.64 bits per heavy atom. The van der Waals surface area contributed by atoms with Crippen LogP contribution in [0.15, 0.2) is 34.8 Å². The number of ether oxygens (including phenoxy) is 2. The minimum Gasteiger partial charge on any atom is -0.479 e. The molecule has 9 nitrogen and oxygen atoms in total. The molecule has 1 aromatic carbocycles. The Labute approximate surface area is 169 Å². The number of methoxy groups -OCH3 is 2. The molecule has 3 aromatic rings. The number of esters is 1. The lowest BCUT2D eigenvalue weighted by Crippen LogP contribution is -2.12. The molecule has 2 heterocycles. The zero-order valence-electron chi connectivity index (χ0n) is 15.3. The van der Waals surface area contributed by atoms with E-state index in [2.05, 4.69) is 25.3 Å². The Bertz CT molecular complexity index is 984. The minimum absolute atomic E-state index is 0.245. The molecule has 0 atom stereocenters. The first-order valence-electron chi connectivity index (χ1n) is 8.02. The second-order valence-corrected chi connectivity index (χ2v) is 7.73. The first-order chi connectivity index (χ1) is 13.5. The van der Waals surface area contributed by atoms with Crippen molar-refractivity contribution in [2.45, 2.75) is 10.1 Å². The summed E-state index contributed by atoms with van der Waals surface area (Å²) >= 11 is 2.76. The molecule has 0 radical (unpaired) electrons. The summed E-state index contributed by atoms with van der Waals surface area (Å²) in [6.45, 7) is 0. The van der Waals surface area contributed by atoms with Gasteiger partial charge >= 0.3 is 5.97 Å². The van der Waals surface area contributed by atoms with Crippen LogP contribution in [-0.4, -0.2) is 46.1 Å². The average molecular weight is 419 g/mol. The summed E-state index contributed by atoms with van der Waals surface area (Å²) in [5.41, 5.74) is 1.85. The molecule has 0 aliphatic rings. The summed E-state index contributed by atoms with van der Waals surface area (Å²) in [6.07, 6.45) is 1.57. The number of benzene rings is 1. The van der Waals surface area contributed by atoms with Crippen LogP contribution in [0.1, 0.15) is 26.3 Å².